The third kappa shape index (κ3) is 4.74. The van der Waals surface area contributed by atoms with Crippen molar-refractivity contribution in [2.45, 2.75) is 13.8 Å². The van der Waals surface area contributed by atoms with Crippen molar-refractivity contribution in [1.82, 2.24) is 0 Å². The number of amides is 1. The third-order valence-electron chi connectivity index (χ3n) is 3.52. The maximum Gasteiger partial charge on any atom is 0.337 e. The molecule has 7 heteroatoms. The number of benzene rings is 2. The van der Waals surface area contributed by atoms with Crippen LogP contribution in [-0.2, 0) is 9.53 Å². The SMILES string of the molecule is COC(=O)c1ccc(NC(=O)COc2cc(C)c(Cl)c(C)c2Br)cc1. The molecule has 2 aromatic rings. The highest BCUT2D eigenvalue weighted by Crippen LogP contribution is 2.35. The van der Waals surface area contributed by atoms with Crippen LogP contribution in [0.4, 0.5) is 5.69 Å². The molecule has 2 rings (SSSR count). The molecule has 25 heavy (non-hydrogen) atoms. The number of anilines is 1. The van der Waals surface area contributed by atoms with Crippen molar-refractivity contribution in [3.8, 4) is 5.75 Å². The van der Waals surface area contributed by atoms with Gasteiger partial charge in [-0.05, 0) is 71.2 Å². The van der Waals surface area contributed by atoms with Crippen LogP contribution in [0.25, 0.3) is 0 Å². The average molecular weight is 427 g/mol. The maximum atomic E-state index is 12.0. The minimum atomic E-state index is -0.431. The first-order valence-electron chi connectivity index (χ1n) is 7.39. The summed E-state index contributed by atoms with van der Waals surface area (Å²) >= 11 is 9.60. The zero-order valence-electron chi connectivity index (χ0n) is 14.0. The van der Waals surface area contributed by atoms with Gasteiger partial charge in [-0.3, -0.25) is 4.79 Å². The number of rotatable bonds is 5. The van der Waals surface area contributed by atoms with Gasteiger partial charge in [0.2, 0.25) is 0 Å². The molecule has 0 radical (unpaired) electrons. The first kappa shape index (κ1) is 19.3. The molecule has 0 aliphatic rings. The molecule has 0 fully saturated rings. The molecule has 0 bridgehead atoms. The Bertz CT molecular complexity index is 806. The van der Waals surface area contributed by atoms with Gasteiger partial charge in [0.25, 0.3) is 5.91 Å². The van der Waals surface area contributed by atoms with Crippen LogP contribution in [-0.4, -0.2) is 25.6 Å². The molecule has 0 heterocycles. The van der Waals surface area contributed by atoms with Crippen LogP contribution in [0.1, 0.15) is 21.5 Å². The fourth-order valence-electron chi connectivity index (χ4n) is 2.15. The number of esters is 1. The van der Waals surface area contributed by atoms with Crippen molar-refractivity contribution in [2.75, 3.05) is 19.0 Å². The molecule has 0 aliphatic carbocycles. The quantitative estimate of drug-likeness (QED) is 0.714. The van der Waals surface area contributed by atoms with E-state index in [9.17, 15) is 9.59 Å². The summed E-state index contributed by atoms with van der Waals surface area (Å²) in [4.78, 5) is 23.4. The average Bonchev–Trinajstić information content (AvgIpc) is 2.61. The van der Waals surface area contributed by atoms with Gasteiger partial charge in [-0.25, -0.2) is 4.79 Å². The van der Waals surface area contributed by atoms with Gasteiger partial charge in [0, 0.05) is 10.7 Å². The fraction of sp³-hybridized carbons (Fsp3) is 0.222. The highest BCUT2D eigenvalue weighted by atomic mass is 79.9. The van der Waals surface area contributed by atoms with Crippen LogP contribution in [0, 0.1) is 13.8 Å². The second-order valence-corrected chi connectivity index (χ2v) is 6.52. The van der Waals surface area contributed by atoms with E-state index in [1.165, 1.54) is 7.11 Å². The number of hydrogen-bond donors (Lipinski definition) is 1. The number of ether oxygens (including phenoxy) is 2. The van der Waals surface area contributed by atoms with Crippen molar-refractivity contribution in [3.63, 3.8) is 0 Å². The molecule has 1 amide bonds. The monoisotopic (exact) mass is 425 g/mol. The Kier molecular flexibility index (Phi) is 6.45. The summed E-state index contributed by atoms with van der Waals surface area (Å²) in [5.74, 6) is -0.196. The van der Waals surface area contributed by atoms with Crippen LogP contribution < -0.4 is 10.1 Å². The van der Waals surface area contributed by atoms with Crippen molar-refractivity contribution < 1.29 is 19.1 Å². The van der Waals surface area contributed by atoms with E-state index in [0.29, 0.717) is 22.0 Å². The molecule has 132 valence electrons. The Morgan fingerprint density at radius 1 is 1.20 bits per heavy atom. The largest absolute Gasteiger partial charge is 0.483 e. The number of nitrogens with one attached hydrogen (secondary N) is 1. The van der Waals surface area contributed by atoms with Crippen LogP contribution in [0.2, 0.25) is 5.02 Å². The number of methoxy groups -OCH3 is 1. The summed E-state index contributed by atoms with van der Waals surface area (Å²) in [6.45, 7) is 3.59. The van der Waals surface area contributed by atoms with E-state index in [1.807, 2.05) is 13.8 Å². The van der Waals surface area contributed by atoms with E-state index in [0.717, 1.165) is 15.6 Å². The predicted octanol–water partition coefficient (Wildman–Crippen LogP) is 4.52. The van der Waals surface area contributed by atoms with E-state index < -0.39 is 5.97 Å². The number of carbonyl (C=O) groups excluding carboxylic acids is 2. The predicted molar refractivity (Wildman–Crippen MR) is 101 cm³/mol. The lowest BCUT2D eigenvalue weighted by Crippen LogP contribution is -2.20. The van der Waals surface area contributed by atoms with Gasteiger partial charge in [-0.2, -0.15) is 0 Å². The van der Waals surface area contributed by atoms with E-state index in [4.69, 9.17) is 16.3 Å². The molecule has 1 N–H and O–H groups in total. The molecule has 2 aromatic carbocycles. The van der Waals surface area contributed by atoms with Gasteiger partial charge < -0.3 is 14.8 Å². The van der Waals surface area contributed by atoms with Gasteiger partial charge in [0.15, 0.2) is 6.61 Å². The Hall–Kier alpha value is -2.05. The lowest BCUT2D eigenvalue weighted by atomic mass is 10.1. The molecule has 0 aliphatic heterocycles. The number of carbonyl (C=O) groups is 2. The van der Waals surface area contributed by atoms with E-state index in [1.54, 1.807) is 30.3 Å². The summed E-state index contributed by atoms with van der Waals surface area (Å²) in [6, 6.07) is 8.17. The summed E-state index contributed by atoms with van der Waals surface area (Å²) in [7, 11) is 1.31. The second kappa shape index (κ2) is 8.36. The van der Waals surface area contributed by atoms with Crippen molar-refractivity contribution in [3.05, 3.63) is 56.5 Å². The highest BCUT2D eigenvalue weighted by molar-refractivity contribution is 9.10. The number of aryl methyl sites for hydroxylation is 1. The molecule has 0 unspecified atom stereocenters. The van der Waals surface area contributed by atoms with E-state index in [-0.39, 0.29) is 12.5 Å². The zero-order valence-corrected chi connectivity index (χ0v) is 16.3. The lowest BCUT2D eigenvalue weighted by Gasteiger charge is -2.13. The Morgan fingerprint density at radius 2 is 1.84 bits per heavy atom. The van der Waals surface area contributed by atoms with Crippen LogP contribution >= 0.6 is 27.5 Å². The first-order valence-corrected chi connectivity index (χ1v) is 8.56. The van der Waals surface area contributed by atoms with Crippen LogP contribution in [0.3, 0.4) is 0 Å². The number of hydrogen-bond acceptors (Lipinski definition) is 4. The van der Waals surface area contributed by atoms with E-state index >= 15 is 0 Å². The molecule has 0 atom stereocenters. The molecule has 0 aromatic heterocycles. The highest BCUT2D eigenvalue weighted by Gasteiger charge is 2.13. The summed E-state index contributed by atoms with van der Waals surface area (Å²) in [6.07, 6.45) is 0. The second-order valence-electron chi connectivity index (χ2n) is 5.35. The van der Waals surface area contributed by atoms with Gasteiger partial charge in [0.05, 0.1) is 17.1 Å². The van der Waals surface area contributed by atoms with Crippen molar-refractivity contribution in [1.29, 1.82) is 0 Å². The topological polar surface area (TPSA) is 64.6 Å². The zero-order chi connectivity index (χ0) is 18.6. The first-order chi connectivity index (χ1) is 11.8. The number of halogens is 2. The van der Waals surface area contributed by atoms with Gasteiger partial charge in [-0.15, -0.1) is 0 Å². The molecule has 0 saturated carbocycles. The standard InChI is InChI=1S/C18H17BrClNO4/c1-10-8-14(16(19)11(2)17(10)20)25-9-15(22)21-13-6-4-12(5-7-13)18(23)24-3/h4-8H,9H2,1-3H3,(H,21,22). The van der Waals surface area contributed by atoms with E-state index in [2.05, 4.69) is 26.0 Å². The van der Waals surface area contributed by atoms with Gasteiger partial charge >= 0.3 is 5.97 Å². The normalized spacial score (nSPS) is 10.3. The minimum Gasteiger partial charge on any atom is -0.483 e. The summed E-state index contributed by atoms with van der Waals surface area (Å²) in [5.41, 5.74) is 2.70. The van der Waals surface area contributed by atoms with Gasteiger partial charge in [-0.1, -0.05) is 11.6 Å². The van der Waals surface area contributed by atoms with Crippen LogP contribution in [0.5, 0.6) is 5.75 Å². The smallest absolute Gasteiger partial charge is 0.337 e. The third-order valence-corrected chi connectivity index (χ3v) is 5.08. The Labute approximate surface area is 159 Å². The van der Waals surface area contributed by atoms with Crippen LogP contribution in [0.15, 0.2) is 34.8 Å². The Balaban J connectivity index is 1.98. The molecule has 0 saturated heterocycles. The minimum absolute atomic E-state index is 0.155. The Morgan fingerprint density at radius 3 is 2.44 bits per heavy atom. The van der Waals surface area contributed by atoms with Crippen molar-refractivity contribution in [2.24, 2.45) is 0 Å². The molecule has 0 spiro atoms. The van der Waals surface area contributed by atoms with Gasteiger partial charge in [0.1, 0.15) is 5.75 Å². The maximum absolute atomic E-state index is 12.0. The molecular weight excluding hydrogens is 410 g/mol. The lowest BCUT2D eigenvalue weighted by molar-refractivity contribution is -0.118. The molecule has 5 nitrogen and oxygen atoms in total. The summed E-state index contributed by atoms with van der Waals surface area (Å²) in [5, 5.41) is 3.36. The fourth-order valence-corrected chi connectivity index (χ4v) is 2.84. The summed E-state index contributed by atoms with van der Waals surface area (Å²) < 4.78 is 10.9. The molecular formula is C18H17BrClNO4. The van der Waals surface area contributed by atoms with Crippen molar-refractivity contribution >= 4 is 45.1 Å².